The Morgan fingerprint density at radius 1 is 1.48 bits per heavy atom. The van der Waals surface area contributed by atoms with Crippen LogP contribution in [0.25, 0.3) is 0 Å². The second-order valence-corrected chi connectivity index (χ2v) is 6.01. The molecule has 6 nitrogen and oxygen atoms in total. The molecular weight excluding hydrogens is 294 g/mol. The monoisotopic (exact) mass is 312 g/mol. The van der Waals surface area contributed by atoms with Crippen molar-refractivity contribution in [3.8, 4) is 0 Å². The molecule has 1 aliphatic heterocycles. The zero-order valence-electron chi connectivity index (χ0n) is 11.9. The highest BCUT2D eigenvalue weighted by atomic mass is 35.5. The number of benzene rings is 1. The lowest BCUT2D eigenvalue weighted by Gasteiger charge is -2.26. The molecule has 0 spiro atoms. The van der Waals surface area contributed by atoms with Crippen molar-refractivity contribution in [2.24, 2.45) is 5.92 Å². The highest BCUT2D eigenvalue weighted by Gasteiger charge is 2.23. The van der Waals surface area contributed by atoms with Crippen LogP contribution in [0.15, 0.2) is 18.2 Å². The van der Waals surface area contributed by atoms with Gasteiger partial charge in [-0.05, 0) is 30.9 Å². The van der Waals surface area contributed by atoms with E-state index in [1.165, 1.54) is 23.1 Å². The van der Waals surface area contributed by atoms with Crippen LogP contribution in [0.1, 0.15) is 19.8 Å². The lowest BCUT2D eigenvalue weighted by Crippen LogP contribution is -3.14. The number of carbonyl (C=O) groups is 1. The van der Waals surface area contributed by atoms with Gasteiger partial charge in [0.25, 0.3) is 11.6 Å². The minimum absolute atomic E-state index is 0.182. The van der Waals surface area contributed by atoms with Crippen molar-refractivity contribution in [3.05, 3.63) is 33.3 Å². The molecule has 0 saturated carbocycles. The van der Waals surface area contributed by atoms with Gasteiger partial charge in [0.05, 0.1) is 18.0 Å². The molecule has 2 rings (SSSR count). The van der Waals surface area contributed by atoms with Gasteiger partial charge in [0.1, 0.15) is 5.69 Å². The first-order chi connectivity index (χ1) is 9.95. The second kappa shape index (κ2) is 6.87. The highest BCUT2D eigenvalue weighted by Crippen LogP contribution is 2.27. The summed E-state index contributed by atoms with van der Waals surface area (Å²) < 4.78 is 0. The molecule has 1 aromatic carbocycles. The van der Waals surface area contributed by atoms with E-state index in [4.69, 9.17) is 11.6 Å². The van der Waals surface area contributed by atoms with E-state index >= 15 is 0 Å². The fourth-order valence-electron chi connectivity index (χ4n) is 2.53. The molecule has 114 valence electrons. The third-order valence-corrected chi connectivity index (χ3v) is 4.06. The molecule has 1 heterocycles. The fourth-order valence-corrected chi connectivity index (χ4v) is 2.70. The van der Waals surface area contributed by atoms with Crippen LogP contribution < -0.4 is 10.2 Å². The van der Waals surface area contributed by atoms with Gasteiger partial charge in [-0.15, -0.1) is 0 Å². The standard InChI is InChI=1S/C14H18ClN3O3/c1-10-4-6-17(7-5-10)9-14(19)16-12-3-2-11(15)8-13(12)18(20)21/h2-3,8,10H,4-7,9H2,1H3,(H,16,19)/p+1. The maximum atomic E-state index is 12.0. The van der Waals surface area contributed by atoms with Gasteiger partial charge in [-0.3, -0.25) is 14.9 Å². The quantitative estimate of drug-likeness (QED) is 0.653. The number of anilines is 1. The summed E-state index contributed by atoms with van der Waals surface area (Å²) in [5.74, 6) is 0.513. The average molecular weight is 313 g/mol. The van der Waals surface area contributed by atoms with Gasteiger partial charge in [-0.1, -0.05) is 18.5 Å². The molecule has 1 fully saturated rings. The van der Waals surface area contributed by atoms with E-state index in [0.717, 1.165) is 25.9 Å². The smallest absolute Gasteiger partial charge is 0.294 e. The van der Waals surface area contributed by atoms with E-state index < -0.39 is 4.92 Å². The number of nitrogens with one attached hydrogen (secondary N) is 2. The number of hydrogen-bond donors (Lipinski definition) is 2. The van der Waals surface area contributed by atoms with Gasteiger partial charge in [-0.2, -0.15) is 0 Å². The third kappa shape index (κ3) is 4.41. The van der Waals surface area contributed by atoms with Crippen molar-refractivity contribution < 1.29 is 14.6 Å². The topological polar surface area (TPSA) is 76.7 Å². The Kier molecular flexibility index (Phi) is 5.14. The predicted molar refractivity (Wildman–Crippen MR) is 80.7 cm³/mol. The Morgan fingerprint density at radius 2 is 2.14 bits per heavy atom. The number of carbonyl (C=O) groups excluding carboxylic acids is 1. The number of likely N-dealkylation sites (tertiary alicyclic amines) is 1. The molecule has 1 amide bonds. The van der Waals surface area contributed by atoms with Crippen LogP contribution >= 0.6 is 11.6 Å². The van der Waals surface area contributed by atoms with Crippen LogP contribution in [0, 0.1) is 16.0 Å². The largest absolute Gasteiger partial charge is 0.327 e. The Balaban J connectivity index is 1.98. The van der Waals surface area contributed by atoms with Gasteiger partial charge in [0.15, 0.2) is 6.54 Å². The van der Waals surface area contributed by atoms with Crippen molar-refractivity contribution in [2.45, 2.75) is 19.8 Å². The van der Waals surface area contributed by atoms with Crippen LogP contribution in [-0.2, 0) is 4.79 Å². The van der Waals surface area contributed by atoms with Gasteiger partial charge in [0, 0.05) is 11.1 Å². The molecule has 1 saturated heterocycles. The lowest BCUT2D eigenvalue weighted by atomic mass is 9.99. The molecule has 0 bridgehead atoms. The number of rotatable bonds is 4. The molecule has 2 N–H and O–H groups in total. The van der Waals surface area contributed by atoms with Gasteiger partial charge in [-0.25, -0.2) is 0 Å². The Labute approximate surface area is 128 Å². The van der Waals surface area contributed by atoms with Crippen LogP contribution in [0.3, 0.4) is 0 Å². The number of amides is 1. The summed E-state index contributed by atoms with van der Waals surface area (Å²) in [4.78, 5) is 23.7. The summed E-state index contributed by atoms with van der Waals surface area (Å²) in [6.07, 6.45) is 2.23. The molecule has 0 aromatic heterocycles. The number of halogens is 1. The van der Waals surface area contributed by atoms with Crippen LogP contribution in [0.4, 0.5) is 11.4 Å². The number of nitro benzene ring substituents is 1. The summed E-state index contributed by atoms with van der Waals surface area (Å²) >= 11 is 5.75. The summed E-state index contributed by atoms with van der Waals surface area (Å²) in [6.45, 7) is 4.50. The fraction of sp³-hybridized carbons (Fsp3) is 0.500. The normalized spacial score (nSPS) is 21.8. The number of quaternary nitrogens is 1. The summed E-state index contributed by atoms with van der Waals surface area (Å²) in [5.41, 5.74) is 0.0114. The van der Waals surface area contributed by atoms with Crippen molar-refractivity contribution in [1.82, 2.24) is 0 Å². The first-order valence-electron chi connectivity index (χ1n) is 7.03. The summed E-state index contributed by atoms with van der Waals surface area (Å²) in [6, 6.07) is 4.23. The molecule has 0 radical (unpaired) electrons. The van der Waals surface area contributed by atoms with E-state index in [2.05, 4.69) is 12.2 Å². The number of nitro groups is 1. The van der Waals surface area contributed by atoms with Gasteiger partial charge < -0.3 is 10.2 Å². The van der Waals surface area contributed by atoms with E-state index in [1.807, 2.05) is 0 Å². The minimum Gasteiger partial charge on any atom is -0.327 e. The molecule has 0 unspecified atom stereocenters. The Morgan fingerprint density at radius 3 is 2.76 bits per heavy atom. The lowest BCUT2D eigenvalue weighted by molar-refractivity contribution is -0.897. The maximum absolute atomic E-state index is 12.0. The number of piperidine rings is 1. The van der Waals surface area contributed by atoms with Crippen molar-refractivity contribution >= 4 is 28.9 Å². The van der Waals surface area contributed by atoms with Crippen LogP contribution in [0.5, 0.6) is 0 Å². The third-order valence-electron chi connectivity index (χ3n) is 3.82. The van der Waals surface area contributed by atoms with Crippen molar-refractivity contribution in [3.63, 3.8) is 0 Å². The van der Waals surface area contributed by atoms with Crippen molar-refractivity contribution in [1.29, 1.82) is 0 Å². The van der Waals surface area contributed by atoms with E-state index in [1.54, 1.807) is 0 Å². The molecule has 1 aromatic rings. The molecular formula is C14H19ClN3O3+. The zero-order chi connectivity index (χ0) is 15.4. The number of hydrogen-bond acceptors (Lipinski definition) is 3. The molecule has 21 heavy (non-hydrogen) atoms. The Hall–Kier alpha value is -1.66. The summed E-state index contributed by atoms with van der Waals surface area (Å²) in [5, 5.41) is 13.9. The SMILES string of the molecule is CC1CC[NH+](CC(=O)Nc2ccc(Cl)cc2[N+](=O)[O-])CC1. The van der Waals surface area contributed by atoms with E-state index in [9.17, 15) is 14.9 Å². The molecule has 0 aliphatic carbocycles. The molecule has 7 heteroatoms. The van der Waals surface area contributed by atoms with E-state index in [-0.39, 0.29) is 22.3 Å². The first kappa shape index (κ1) is 15.7. The highest BCUT2D eigenvalue weighted by molar-refractivity contribution is 6.31. The van der Waals surface area contributed by atoms with Gasteiger partial charge >= 0.3 is 0 Å². The van der Waals surface area contributed by atoms with Crippen LogP contribution in [-0.4, -0.2) is 30.5 Å². The Bertz CT molecular complexity index is 542. The first-order valence-corrected chi connectivity index (χ1v) is 7.41. The number of nitrogens with zero attached hydrogens (tertiary/aromatic N) is 1. The van der Waals surface area contributed by atoms with Crippen molar-refractivity contribution in [2.75, 3.05) is 25.0 Å². The van der Waals surface area contributed by atoms with Crippen LogP contribution in [0.2, 0.25) is 5.02 Å². The average Bonchev–Trinajstić information content (AvgIpc) is 2.43. The summed E-state index contributed by atoms with van der Waals surface area (Å²) in [7, 11) is 0. The van der Waals surface area contributed by atoms with E-state index in [0.29, 0.717) is 12.5 Å². The predicted octanol–water partition coefficient (Wildman–Crippen LogP) is 1.50. The maximum Gasteiger partial charge on any atom is 0.294 e. The molecule has 0 atom stereocenters. The second-order valence-electron chi connectivity index (χ2n) is 5.58. The zero-order valence-corrected chi connectivity index (χ0v) is 12.7. The van der Waals surface area contributed by atoms with Gasteiger partial charge in [0.2, 0.25) is 0 Å². The minimum atomic E-state index is -0.545. The molecule has 1 aliphatic rings.